The van der Waals surface area contributed by atoms with Gasteiger partial charge in [0.05, 0.1) is 29.9 Å². The molecule has 3 aromatic heterocycles. The molecule has 2 aliphatic heterocycles. The van der Waals surface area contributed by atoms with Crippen LogP contribution in [0.2, 0.25) is 0 Å². The topological polar surface area (TPSA) is 116 Å². The maximum atomic E-state index is 14.8. The third-order valence-corrected chi connectivity index (χ3v) is 6.44. The number of aliphatic hydroxyl groups is 1. The van der Waals surface area contributed by atoms with Crippen molar-refractivity contribution in [2.45, 2.75) is 24.4 Å². The van der Waals surface area contributed by atoms with Gasteiger partial charge in [-0.2, -0.15) is 0 Å². The molecule has 164 valence electrons. The third kappa shape index (κ3) is 3.32. The number of benzene rings is 1. The Morgan fingerprint density at radius 3 is 2.66 bits per heavy atom. The lowest BCUT2D eigenvalue weighted by Crippen LogP contribution is -2.34. The zero-order chi connectivity index (χ0) is 21.8. The van der Waals surface area contributed by atoms with E-state index in [1.807, 2.05) is 29.6 Å². The Morgan fingerprint density at radius 2 is 1.88 bits per heavy atom. The summed E-state index contributed by atoms with van der Waals surface area (Å²) in [6, 6.07) is 10.5. The highest BCUT2D eigenvalue weighted by Crippen LogP contribution is 2.32. The van der Waals surface area contributed by atoms with E-state index in [1.165, 1.54) is 17.4 Å². The van der Waals surface area contributed by atoms with Crippen LogP contribution in [-0.4, -0.2) is 57.7 Å². The summed E-state index contributed by atoms with van der Waals surface area (Å²) in [5.74, 6) is 0.00261. The molecule has 0 bridgehead atoms. The number of nitrogen functional groups attached to an aromatic ring is 1. The molecule has 4 aromatic rings. The molecule has 2 fully saturated rings. The van der Waals surface area contributed by atoms with Crippen LogP contribution in [0.1, 0.15) is 0 Å². The van der Waals surface area contributed by atoms with Crippen molar-refractivity contribution in [3.8, 4) is 28.4 Å². The molecule has 10 heteroatoms. The minimum Gasteiger partial charge on any atom is -0.470 e. The van der Waals surface area contributed by atoms with Crippen LogP contribution in [0.25, 0.3) is 33.5 Å². The predicted molar refractivity (Wildman–Crippen MR) is 117 cm³/mol. The molecular formula is C22H19FN4O4S. The molecule has 32 heavy (non-hydrogen) atoms. The van der Waals surface area contributed by atoms with Crippen LogP contribution >= 0.6 is 11.3 Å². The van der Waals surface area contributed by atoms with E-state index >= 15 is 0 Å². The molecule has 6 rings (SSSR count). The van der Waals surface area contributed by atoms with E-state index in [0.717, 1.165) is 11.3 Å². The molecule has 4 N–H and O–H groups in total. The molecule has 1 aromatic carbocycles. The van der Waals surface area contributed by atoms with Crippen molar-refractivity contribution in [1.82, 2.24) is 15.0 Å². The quantitative estimate of drug-likeness (QED) is 0.434. The van der Waals surface area contributed by atoms with Crippen molar-refractivity contribution in [3.63, 3.8) is 0 Å². The summed E-state index contributed by atoms with van der Waals surface area (Å²) in [7, 11) is 0. The SMILES string of the molecule is Nc1nc(-c2ccc(-c3nc4cc(O[C@@H]5COC6C5OC[C@H]6O)[nH]c4cc3F)cc2)cs1. The highest BCUT2D eigenvalue weighted by Gasteiger charge is 2.48. The molecule has 2 aliphatic rings. The maximum Gasteiger partial charge on any atom is 0.193 e. The number of hydrogen-bond acceptors (Lipinski definition) is 8. The summed E-state index contributed by atoms with van der Waals surface area (Å²) in [5.41, 5.74) is 9.40. The molecule has 4 atom stereocenters. The molecule has 8 nitrogen and oxygen atoms in total. The Bertz CT molecular complexity index is 1290. The van der Waals surface area contributed by atoms with E-state index in [2.05, 4.69) is 15.0 Å². The lowest BCUT2D eigenvalue weighted by Gasteiger charge is -2.16. The van der Waals surface area contributed by atoms with Crippen LogP contribution < -0.4 is 10.5 Å². The molecule has 2 saturated heterocycles. The second-order valence-electron chi connectivity index (χ2n) is 7.85. The number of aromatic nitrogens is 3. The Hall–Kier alpha value is -3.05. The first-order valence-electron chi connectivity index (χ1n) is 10.1. The number of aromatic amines is 1. The van der Waals surface area contributed by atoms with Gasteiger partial charge in [-0.05, 0) is 0 Å². The molecule has 5 heterocycles. The van der Waals surface area contributed by atoms with E-state index < -0.39 is 11.9 Å². The summed E-state index contributed by atoms with van der Waals surface area (Å²) in [6.07, 6.45) is -1.71. The summed E-state index contributed by atoms with van der Waals surface area (Å²) in [6.45, 7) is 0.540. The number of aliphatic hydroxyl groups excluding tert-OH is 1. The number of H-pyrrole nitrogens is 1. The molecule has 0 aliphatic carbocycles. The summed E-state index contributed by atoms with van der Waals surface area (Å²) in [5, 5.41) is 12.3. The average molecular weight is 454 g/mol. The van der Waals surface area contributed by atoms with E-state index in [4.69, 9.17) is 19.9 Å². The molecule has 0 spiro atoms. The number of thiazole rings is 1. The number of nitrogens with one attached hydrogen (secondary N) is 1. The summed E-state index contributed by atoms with van der Waals surface area (Å²) >= 11 is 1.37. The Kier molecular flexibility index (Phi) is 4.61. The lowest BCUT2D eigenvalue weighted by molar-refractivity contribution is 0.00794. The van der Waals surface area contributed by atoms with Gasteiger partial charge in [-0.25, -0.2) is 14.4 Å². The Labute approximate surface area is 185 Å². The fraction of sp³-hybridized carbons (Fsp3) is 0.273. The van der Waals surface area contributed by atoms with E-state index in [0.29, 0.717) is 34.2 Å². The van der Waals surface area contributed by atoms with Crippen LogP contribution in [0.15, 0.2) is 41.8 Å². The van der Waals surface area contributed by atoms with E-state index in [9.17, 15) is 9.50 Å². The monoisotopic (exact) mass is 454 g/mol. The van der Waals surface area contributed by atoms with Gasteiger partial charge in [-0.1, -0.05) is 24.3 Å². The van der Waals surface area contributed by atoms with Crippen LogP contribution in [0.4, 0.5) is 9.52 Å². The first-order chi connectivity index (χ1) is 15.5. The number of pyridine rings is 1. The van der Waals surface area contributed by atoms with Gasteiger partial charge in [0.25, 0.3) is 0 Å². The van der Waals surface area contributed by atoms with Crippen molar-refractivity contribution in [2.24, 2.45) is 0 Å². The van der Waals surface area contributed by atoms with Crippen LogP contribution in [0.5, 0.6) is 5.88 Å². The van der Waals surface area contributed by atoms with Gasteiger partial charge < -0.3 is 30.0 Å². The predicted octanol–water partition coefficient (Wildman–Crippen LogP) is 2.98. The lowest BCUT2D eigenvalue weighted by atomic mass is 10.1. The first kappa shape index (κ1) is 19.6. The van der Waals surface area contributed by atoms with Crippen molar-refractivity contribution in [3.05, 3.63) is 47.6 Å². The fourth-order valence-electron chi connectivity index (χ4n) is 4.20. The molecule has 0 saturated carbocycles. The number of hydrogen-bond donors (Lipinski definition) is 3. The van der Waals surface area contributed by atoms with Crippen molar-refractivity contribution in [1.29, 1.82) is 0 Å². The van der Waals surface area contributed by atoms with Gasteiger partial charge in [0, 0.05) is 28.6 Å². The van der Waals surface area contributed by atoms with Gasteiger partial charge in [-0.15, -0.1) is 11.3 Å². The zero-order valence-electron chi connectivity index (χ0n) is 16.7. The smallest absolute Gasteiger partial charge is 0.193 e. The summed E-state index contributed by atoms with van der Waals surface area (Å²) < 4.78 is 32.0. The van der Waals surface area contributed by atoms with Gasteiger partial charge in [0.1, 0.15) is 24.0 Å². The number of nitrogens with two attached hydrogens (primary N) is 1. The minimum atomic E-state index is -0.645. The third-order valence-electron chi connectivity index (χ3n) is 5.77. The average Bonchev–Trinajstić information content (AvgIpc) is 3.55. The Balaban J connectivity index is 1.26. The Morgan fingerprint density at radius 1 is 1.09 bits per heavy atom. The summed E-state index contributed by atoms with van der Waals surface area (Å²) in [4.78, 5) is 11.8. The highest BCUT2D eigenvalue weighted by molar-refractivity contribution is 7.13. The highest BCUT2D eigenvalue weighted by atomic mass is 32.1. The second kappa shape index (κ2) is 7.52. The van der Waals surface area contributed by atoms with Gasteiger partial charge in [-0.3, -0.25) is 0 Å². The zero-order valence-corrected chi connectivity index (χ0v) is 17.5. The number of anilines is 1. The van der Waals surface area contributed by atoms with Crippen molar-refractivity contribution in [2.75, 3.05) is 18.9 Å². The second-order valence-corrected chi connectivity index (χ2v) is 8.74. The maximum absolute atomic E-state index is 14.8. The number of fused-ring (bicyclic) bond motifs is 2. The van der Waals surface area contributed by atoms with E-state index in [-0.39, 0.29) is 30.6 Å². The number of rotatable bonds is 4. The fourth-order valence-corrected chi connectivity index (χ4v) is 4.77. The van der Waals surface area contributed by atoms with E-state index in [1.54, 1.807) is 6.07 Å². The first-order valence-corrected chi connectivity index (χ1v) is 11.0. The number of ether oxygens (including phenoxy) is 3. The standard InChI is InChI=1S/C22H19FN4O4S/c23-12-5-13-14(6-18(25-13)31-17-8-30-20-16(28)7-29-21(17)20)26-19(12)11-3-1-10(2-4-11)15-9-32-22(24)27-15/h1-6,9,16-17,20-21,25,28H,7-8H2,(H2,24,27)/t16-,17-,20?,21?/m1/s1. The van der Waals surface area contributed by atoms with Crippen LogP contribution in [0, 0.1) is 5.82 Å². The van der Waals surface area contributed by atoms with Crippen LogP contribution in [-0.2, 0) is 9.47 Å². The number of halogens is 1. The van der Waals surface area contributed by atoms with Crippen molar-refractivity contribution >= 4 is 27.5 Å². The normalized spacial score (nSPS) is 24.8. The molecular weight excluding hydrogens is 435 g/mol. The van der Waals surface area contributed by atoms with Crippen molar-refractivity contribution < 1.29 is 23.7 Å². The van der Waals surface area contributed by atoms with Crippen LogP contribution in [0.3, 0.4) is 0 Å². The van der Waals surface area contributed by atoms with Gasteiger partial charge >= 0.3 is 0 Å². The molecule has 2 unspecified atom stereocenters. The minimum absolute atomic E-state index is 0.229. The largest absolute Gasteiger partial charge is 0.470 e. The van der Waals surface area contributed by atoms with Gasteiger partial charge in [0.15, 0.2) is 22.9 Å². The molecule has 0 radical (unpaired) electrons. The van der Waals surface area contributed by atoms with Gasteiger partial charge in [0.2, 0.25) is 0 Å². The number of nitrogens with zero attached hydrogens (tertiary/aromatic N) is 2. The molecule has 0 amide bonds.